The van der Waals surface area contributed by atoms with Gasteiger partial charge in [0.05, 0.1) is 25.4 Å². The van der Waals surface area contributed by atoms with E-state index in [1.165, 1.54) is 302 Å². The van der Waals surface area contributed by atoms with Crippen LogP contribution in [0.3, 0.4) is 0 Å². The first kappa shape index (κ1) is 74.1. The highest BCUT2D eigenvalue weighted by Crippen LogP contribution is 2.18. The van der Waals surface area contributed by atoms with Gasteiger partial charge in [-0.25, -0.2) is 0 Å². The highest BCUT2D eigenvalue weighted by atomic mass is 16.5. The predicted molar refractivity (Wildman–Crippen MR) is 333 cm³/mol. The molecule has 3 N–H and O–H groups in total. The van der Waals surface area contributed by atoms with Crippen molar-refractivity contribution in [3.05, 3.63) is 36.5 Å². The lowest BCUT2D eigenvalue weighted by molar-refractivity contribution is -0.143. The molecule has 76 heavy (non-hydrogen) atoms. The molecule has 448 valence electrons. The summed E-state index contributed by atoms with van der Waals surface area (Å²) >= 11 is 0. The van der Waals surface area contributed by atoms with E-state index in [0.717, 1.165) is 44.9 Å². The third-order valence-electron chi connectivity index (χ3n) is 15.9. The molecule has 0 heterocycles. The summed E-state index contributed by atoms with van der Waals surface area (Å²) in [6.45, 7) is 4.92. The van der Waals surface area contributed by atoms with Crippen LogP contribution in [0.5, 0.6) is 0 Å². The second-order valence-corrected chi connectivity index (χ2v) is 23.5. The summed E-state index contributed by atoms with van der Waals surface area (Å²) in [4.78, 5) is 24.6. The van der Waals surface area contributed by atoms with Crippen LogP contribution in [0.25, 0.3) is 0 Å². The summed E-state index contributed by atoms with van der Waals surface area (Å²) in [5.41, 5.74) is 0. The van der Waals surface area contributed by atoms with Gasteiger partial charge in [0, 0.05) is 12.8 Å². The fourth-order valence-corrected chi connectivity index (χ4v) is 10.6. The van der Waals surface area contributed by atoms with Crippen molar-refractivity contribution >= 4 is 11.9 Å². The number of unbranched alkanes of at least 4 members (excludes halogenated alkanes) is 49. The first-order valence-corrected chi connectivity index (χ1v) is 34.3. The second kappa shape index (κ2) is 65.6. The molecular weight excluding hydrogens is 935 g/mol. The molecule has 0 fully saturated rings. The van der Waals surface area contributed by atoms with Crippen molar-refractivity contribution in [1.82, 2.24) is 5.32 Å². The van der Waals surface area contributed by atoms with Crippen molar-refractivity contribution in [3.8, 4) is 0 Å². The molecule has 0 rings (SSSR count). The van der Waals surface area contributed by atoms with Gasteiger partial charge >= 0.3 is 5.97 Å². The van der Waals surface area contributed by atoms with Crippen molar-refractivity contribution in [2.75, 3.05) is 13.2 Å². The maximum Gasteiger partial charge on any atom is 0.305 e. The molecule has 0 spiro atoms. The van der Waals surface area contributed by atoms with Gasteiger partial charge in [0.25, 0.3) is 0 Å². The normalized spacial score (nSPS) is 12.7. The van der Waals surface area contributed by atoms with E-state index < -0.39 is 12.1 Å². The number of hydrogen-bond donors (Lipinski definition) is 3. The van der Waals surface area contributed by atoms with E-state index in [0.29, 0.717) is 19.4 Å². The van der Waals surface area contributed by atoms with Crippen molar-refractivity contribution in [3.63, 3.8) is 0 Å². The molecule has 1 amide bonds. The number of aliphatic hydroxyl groups excluding tert-OH is 2. The topological polar surface area (TPSA) is 95.9 Å². The van der Waals surface area contributed by atoms with Crippen molar-refractivity contribution in [2.24, 2.45) is 0 Å². The van der Waals surface area contributed by atoms with Crippen LogP contribution >= 0.6 is 0 Å². The summed E-state index contributed by atoms with van der Waals surface area (Å²) in [5, 5.41) is 23.1. The van der Waals surface area contributed by atoms with Crippen LogP contribution in [0.2, 0.25) is 0 Å². The second-order valence-electron chi connectivity index (χ2n) is 23.5. The number of carbonyl (C=O) groups excluding carboxylic acids is 2. The molecule has 0 bridgehead atoms. The van der Waals surface area contributed by atoms with E-state index in [-0.39, 0.29) is 18.5 Å². The minimum atomic E-state index is -0.845. The fourth-order valence-electron chi connectivity index (χ4n) is 10.6. The Balaban J connectivity index is 3.38. The van der Waals surface area contributed by atoms with Crippen molar-refractivity contribution in [1.29, 1.82) is 0 Å². The first-order valence-electron chi connectivity index (χ1n) is 34.3. The number of nitrogens with one attached hydrogen (secondary N) is 1. The third kappa shape index (κ3) is 61.3. The Labute approximate surface area is 474 Å². The third-order valence-corrected chi connectivity index (χ3v) is 15.9. The number of amides is 1. The maximum atomic E-state index is 12.5. The van der Waals surface area contributed by atoms with Crippen LogP contribution in [0.4, 0.5) is 0 Å². The number of ether oxygens (including phenoxy) is 1. The number of hydrogen-bond acceptors (Lipinski definition) is 5. The molecule has 0 aliphatic carbocycles. The van der Waals surface area contributed by atoms with Crippen LogP contribution in [-0.2, 0) is 14.3 Å². The zero-order chi connectivity index (χ0) is 55.0. The quantitative estimate of drug-likeness (QED) is 0.0320. The molecule has 0 aromatic carbocycles. The Morgan fingerprint density at radius 1 is 0.355 bits per heavy atom. The molecule has 0 saturated heterocycles. The molecule has 2 unspecified atom stereocenters. The number of rotatable bonds is 64. The van der Waals surface area contributed by atoms with Crippen LogP contribution in [0, 0.1) is 0 Å². The Morgan fingerprint density at radius 2 is 0.618 bits per heavy atom. The average Bonchev–Trinajstić information content (AvgIpc) is 3.42. The Morgan fingerprint density at radius 3 is 0.934 bits per heavy atom. The summed E-state index contributed by atoms with van der Waals surface area (Å²) in [6, 6.07) is -0.628. The summed E-state index contributed by atoms with van der Waals surface area (Å²) in [5.74, 6) is -0.0554. The summed E-state index contributed by atoms with van der Waals surface area (Å²) in [7, 11) is 0. The predicted octanol–water partition coefficient (Wildman–Crippen LogP) is 21.9. The highest BCUT2D eigenvalue weighted by molar-refractivity contribution is 5.76. The maximum absolute atomic E-state index is 12.5. The molecule has 0 radical (unpaired) electrons. The molecule has 6 nitrogen and oxygen atoms in total. The number of carbonyl (C=O) groups is 2. The molecule has 2 atom stereocenters. The standard InChI is InChI=1S/C70H133NO5/c1-3-5-7-9-11-13-15-17-19-20-33-36-40-44-48-52-56-60-64-70(75)76-65-61-57-53-49-45-41-37-34-31-29-27-25-23-21-22-24-26-28-30-32-35-39-43-47-51-55-59-63-69(74)71-67(66-72)68(73)62-58-54-50-46-42-38-18-16-14-12-10-8-6-4-2/h19-22,58,62,67-68,72-73H,3-18,23-57,59-61,63-66H2,1-2H3,(H,71,74)/b20-19-,22-21-,62-58+. The molecular formula is C70H133NO5. The lowest BCUT2D eigenvalue weighted by Gasteiger charge is -2.20. The van der Waals surface area contributed by atoms with Crippen LogP contribution in [-0.4, -0.2) is 47.4 Å². The van der Waals surface area contributed by atoms with Crippen LogP contribution < -0.4 is 5.32 Å². The molecule has 0 aromatic rings. The van der Waals surface area contributed by atoms with Crippen LogP contribution in [0.1, 0.15) is 373 Å². The zero-order valence-corrected chi connectivity index (χ0v) is 51.3. The average molecular weight is 1070 g/mol. The fraction of sp³-hybridized carbons (Fsp3) is 0.886. The van der Waals surface area contributed by atoms with E-state index in [9.17, 15) is 19.8 Å². The first-order chi connectivity index (χ1) is 37.5. The number of esters is 1. The van der Waals surface area contributed by atoms with Gasteiger partial charge in [0.2, 0.25) is 5.91 Å². The summed E-state index contributed by atoms with van der Waals surface area (Å²) < 4.78 is 5.50. The molecule has 0 aromatic heterocycles. The zero-order valence-electron chi connectivity index (χ0n) is 51.3. The van der Waals surface area contributed by atoms with Crippen LogP contribution in [0.15, 0.2) is 36.5 Å². The monoisotopic (exact) mass is 1070 g/mol. The number of allylic oxidation sites excluding steroid dienone is 5. The smallest absolute Gasteiger partial charge is 0.305 e. The van der Waals surface area contributed by atoms with E-state index in [4.69, 9.17) is 4.74 Å². The van der Waals surface area contributed by atoms with Crippen molar-refractivity contribution in [2.45, 2.75) is 386 Å². The lowest BCUT2D eigenvalue weighted by Crippen LogP contribution is -2.45. The largest absolute Gasteiger partial charge is 0.466 e. The van der Waals surface area contributed by atoms with Gasteiger partial charge in [-0.15, -0.1) is 0 Å². The van der Waals surface area contributed by atoms with E-state index in [1.54, 1.807) is 6.08 Å². The molecule has 0 aliphatic heterocycles. The lowest BCUT2D eigenvalue weighted by atomic mass is 10.0. The van der Waals surface area contributed by atoms with E-state index in [1.807, 2.05) is 6.08 Å². The Kier molecular flexibility index (Phi) is 63.9. The van der Waals surface area contributed by atoms with Gasteiger partial charge in [0.15, 0.2) is 0 Å². The van der Waals surface area contributed by atoms with Gasteiger partial charge in [-0.1, -0.05) is 314 Å². The molecule has 0 aliphatic rings. The summed E-state index contributed by atoms with van der Waals surface area (Å²) in [6.07, 6.45) is 83.6. The van der Waals surface area contributed by atoms with E-state index in [2.05, 4.69) is 43.5 Å². The van der Waals surface area contributed by atoms with E-state index >= 15 is 0 Å². The molecule has 0 saturated carbocycles. The van der Waals surface area contributed by atoms with Crippen molar-refractivity contribution < 1.29 is 24.5 Å². The SMILES string of the molecule is CCCCCCCCC/C=C\CCCCCCCCCC(=O)OCCCCCCCCCCCCCC/C=C\CCCCCCCCCCCCCC(=O)NC(CO)C(O)/C=C/CCCCCCCCCCCCCC. The Hall–Kier alpha value is -1.92. The minimum Gasteiger partial charge on any atom is -0.466 e. The van der Waals surface area contributed by atoms with Gasteiger partial charge < -0.3 is 20.3 Å². The number of aliphatic hydroxyl groups is 2. The van der Waals surface area contributed by atoms with Gasteiger partial charge in [0.1, 0.15) is 0 Å². The Bertz CT molecular complexity index is 1230. The van der Waals surface area contributed by atoms with Gasteiger partial charge in [-0.2, -0.15) is 0 Å². The minimum absolute atomic E-state index is 0.0121. The molecule has 6 heteroatoms. The highest BCUT2D eigenvalue weighted by Gasteiger charge is 2.18. The van der Waals surface area contributed by atoms with Gasteiger partial charge in [-0.3, -0.25) is 9.59 Å². The van der Waals surface area contributed by atoms with Gasteiger partial charge in [-0.05, 0) is 83.5 Å².